The van der Waals surface area contributed by atoms with Crippen molar-refractivity contribution in [2.24, 2.45) is 34.5 Å². The lowest BCUT2D eigenvalue weighted by molar-refractivity contribution is -0.352. The quantitative estimate of drug-likeness (QED) is 0.257. The summed E-state index contributed by atoms with van der Waals surface area (Å²) in [6, 6.07) is 0. The van der Waals surface area contributed by atoms with Crippen molar-refractivity contribution >= 4 is 23.7 Å². The van der Waals surface area contributed by atoms with Gasteiger partial charge in [-0.05, 0) is 32.8 Å². The van der Waals surface area contributed by atoms with Crippen molar-refractivity contribution in [3.05, 3.63) is 23.3 Å². The monoisotopic (exact) mass is 534 g/mol. The van der Waals surface area contributed by atoms with Crippen LogP contribution in [0, 0.1) is 34.5 Å². The minimum Gasteiger partial charge on any atom is -0.455 e. The molecule has 0 amide bonds. The van der Waals surface area contributed by atoms with E-state index in [4.69, 9.17) is 18.9 Å². The zero-order valence-electron chi connectivity index (χ0n) is 22.2. The molecule has 0 aromatic rings. The first-order chi connectivity index (χ1) is 17.7. The van der Waals surface area contributed by atoms with E-state index in [0.717, 1.165) is 6.92 Å². The number of ketones is 1. The van der Waals surface area contributed by atoms with Gasteiger partial charge >= 0.3 is 17.9 Å². The highest BCUT2D eigenvalue weighted by atomic mass is 16.7. The van der Waals surface area contributed by atoms with Crippen LogP contribution < -0.4 is 0 Å². The van der Waals surface area contributed by atoms with E-state index in [2.05, 4.69) is 0 Å². The molecule has 2 heterocycles. The minimum atomic E-state index is -2.24. The van der Waals surface area contributed by atoms with E-state index in [1.165, 1.54) is 6.08 Å². The molecule has 38 heavy (non-hydrogen) atoms. The van der Waals surface area contributed by atoms with E-state index in [-0.39, 0.29) is 6.61 Å². The Bertz CT molecular complexity index is 1170. The number of aliphatic hydroxyl groups is 3. The number of rotatable bonds is 3. The molecule has 5 rings (SSSR count). The van der Waals surface area contributed by atoms with Crippen molar-refractivity contribution < 1.29 is 53.4 Å². The second-order valence-electron chi connectivity index (χ2n) is 11.7. The van der Waals surface area contributed by atoms with Gasteiger partial charge in [0, 0.05) is 35.7 Å². The van der Waals surface area contributed by atoms with Crippen LogP contribution in [-0.2, 0) is 38.1 Å². The van der Waals surface area contributed by atoms with Crippen LogP contribution in [0.15, 0.2) is 23.3 Å². The third-order valence-electron chi connectivity index (χ3n) is 9.87. The van der Waals surface area contributed by atoms with E-state index >= 15 is 0 Å². The maximum atomic E-state index is 13.4. The average molecular weight is 535 g/mol. The largest absolute Gasteiger partial charge is 0.455 e. The van der Waals surface area contributed by atoms with Crippen molar-refractivity contribution in [2.45, 2.75) is 77.8 Å². The molecule has 0 unspecified atom stereocenters. The van der Waals surface area contributed by atoms with Crippen molar-refractivity contribution in [2.75, 3.05) is 6.61 Å². The maximum absolute atomic E-state index is 13.4. The third kappa shape index (κ3) is 3.10. The van der Waals surface area contributed by atoms with Gasteiger partial charge in [0.15, 0.2) is 11.6 Å². The number of carbonyl (C=O) groups excluding carboxylic acids is 4. The summed E-state index contributed by atoms with van der Waals surface area (Å²) >= 11 is 0. The van der Waals surface area contributed by atoms with Crippen LogP contribution in [0.25, 0.3) is 0 Å². The zero-order valence-corrected chi connectivity index (χ0v) is 22.2. The molecule has 2 saturated heterocycles. The molecule has 0 radical (unpaired) electrons. The minimum absolute atomic E-state index is 0.265. The standard InChI is InChI=1S/C27H34O11/c1-7-10(2)22(32)37-17-15-11(3)8-14(29)20(31)25(15,6)24-26-9-35-27(24,34)19(30)12(4)16(26)18(36-13(5)28)23(33)38-21(17)26/h7-8,12,15-21,24,30-31,34H,9H2,1-6H3/b10-7+/t12-,15-,16-,17-,18-,19-,20-,21-,24-,25+,26-,27+/m1/s1. The highest BCUT2D eigenvalue weighted by Crippen LogP contribution is 2.74. The van der Waals surface area contributed by atoms with Crippen LogP contribution in [0.2, 0.25) is 0 Å². The van der Waals surface area contributed by atoms with Crippen molar-refractivity contribution in [1.82, 2.24) is 0 Å². The molecule has 2 saturated carbocycles. The van der Waals surface area contributed by atoms with Crippen LogP contribution in [0.3, 0.4) is 0 Å². The number of aliphatic hydroxyl groups excluding tert-OH is 2. The third-order valence-corrected chi connectivity index (χ3v) is 9.87. The highest BCUT2D eigenvalue weighted by molar-refractivity contribution is 5.96. The molecule has 208 valence electrons. The van der Waals surface area contributed by atoms with Crippen LogP contribution in [0.5, 0.6) is 0 Å². The molecule has 0 aromatic carbocycles. The summed E-state index contributed by atoms with van der Waals surface area (Å²) in [4.78, 5) is 51.6. The van der Waals surface area contributed by atoms with Crippen molar-refractivity contribution in [3.8, 4) is 0 Å². The number of carbonyl (C=O) groups is 4. The number of fused-ring (bicyclic) bond motifs is 1. The second-order valence-corrected chi connectivity index (χ2v) is 11.7. The molecular weight excluding hydrogens is 500 g/mol. The molecule has 12 atom stereocenters. The Morgan fingerprint density at radius 1 is 1.18 bits per heavy atom. The Hall–Kier alpha value is -2.60. The summed E-state index contributed by atoms with van der Waals surface area (Å²) in [6.45, 7) is 8.95. The van der Waals surface area contributed by atoms with Crippen LogP contribution in [-0.4, -0.2) is 81.9 Å². The lowest BCUT2D eigenvalue weighted by Gasteiger charge is -2.69. The topological polar surface area (TPSA) is 166 Å². The summed E-state index contributed by atoms with van der Waals surface area (Å²) in [5.74, 6) is -9.01. The number of hydrogen-bond acceptors (Lipinski definition) is 11. The molecule has 2 aliphatic heterocycles. The Morgan fingerprint density at radius 3 is 2.45 bits per heavy atom. The van der Waals surface area contributed by atoms with Gasteiger partial charge in [0.05, 0.1) is 12.0 Å². The van der Waals surface area contributed by atoms with Gasteiger partial charge in [0.1, 0.15) is 24.4 Å². The first kappa shape index (κ1) is 27.0. The Kier molecular flexibility index (Phi) is 6.00. The van der Waals surface area contributed by atoms with E-state index in [0.29, 0.717) is 11.1 Å². The Labute approximate surface area is 219 Å². The predicted molar refractivity (Wildman–Crippen MR) is 127 cm³/mol. The van der Waals surface area contributed by atoms with E-state index < -0.39 is 94.5 Å². The summed E-state index contributed by atoms with van der Waals surface area (Å²) in [7, 11) is 0. The molecular formula is C27H34O11. The van der Waals surface area contributed by atoms with Crippen LogP contribution in [0.4, 0.5) is 0 Å². The number of allylic oxidation sites excluding steroid dienone is 1. The van der Waals surface area contributed by atoms with E-state index in [1.807, 2.05) is 0 Å². The van der Waals surface area contributed by atoms with Gasteiger partial charge in [0.25, 0.3) is 0 Å². The molecule has 4 fully saturated rings. The molecule has 11 nitrogen and oxygen atoms in total. The van der Waals surface area contributed by atoms with Gasteiger partial charge in [-0.15, -0.1) is 0 Å². The van der Waals surface area contributed by atoms with Gasteiger partial charge in [0.2, 0.25) is 6.10 Å². The smallest absolute Gasteiger partial charge is 0.348 e. The van der Waals surface area contributed by atoms with E-state index in [1.54, 1.807) is 40.7 Å². The molecule has 11 heteroatoms. The second kappa shape index (κ2) is 8.45. The zero-order chi connectivity index (χ0) is 28.1. The van der Waals surface area contributed by atoms with Crippen LogP contribution >= 0.6 is 0 Å². The predicted octanol–water partition coefficient (Wildman–Crippen LogP) is 0.196. The summed E-state index contributed by atoms with van der Waals surface area (Å²) in [5, 5.41) is 34.8. The summed E-state index contributed by atoms with van der Waals surface area (Å²) in [5.41, 5.74) is -2.17. The Balaban J connectivity index is 1.81. The SMILES string of the molecule is C/C=C(\C)C(=O)O[C@@H]1[C@H]2C(C)=CC(=O)[C@@H](O)[C@@]2(C)[C@H]2[C@@]3(O)OC[C@]24[C@H]([C@@H](C)[C@H]3O)[C@@H](OC(C)=O)C(=O)O[C@H]14. The van der Waals surface area contributed by atoms with Gasteiger partial charge < -0.3 is 34.3 Å². The Morgan fingerprint density at radius 2 is 1.84 bits per heavy atom. The summed E-state index contributed by atoms with van der Waals surface area (Å²) in [6.07, 6.45) is -4.24. The fourth-order valence-electron chi connectivity index (χ4n) is 8.49. The maximum Gasteiger partial charge on any atom is 0.348 e. The first-order valence-corrected chi connectivity index (χ1v) is 12.8. The lowest BCUT2D eigenvalue weighted by atomic mass is 9.37. The lowest BCUT2D eigenvalue weighted by Crippen LogP contribution is -2.81. The van der Waals surface area contributed by atoms with Crippen molar-refractivity contribution in [1.29, 1.82) is 0 Å². The fraction of sp³-hybridized carbons (Fsp3) is 0.704. The van der Waals surface area contributed by atoms with Gasteiger partial charge in [-0.25, -0.2) is 9.59 Å². The first-order valence-electron chi connectivity index (χ1n) is 12.8. The number of ether oxygens (including phenoxy) is 4. The van der Waals surface area contributed by atoms with Gasteiger partial charge in [-0.2, -0.15) is 0 Å². The normalized spacial score (nSPS) is 49.3. The molecule has 5 aliphatic rings. The van der Waals surface area contributed by atoms with Gasteiger partial charge in [-0.1, -0.05) is 25.5 Å². The molecule has 1 spiro atoms. The summed E-state index contributed by atoms with van der Waals surface area (Å²) < 4.78 is 23.3. The molecule has 3 aliphatic carbocycles. The fourth-order valence-corrected chi connectivity index (χ4v) is 8.49. The van der Waals surface area contributed by atoms with Gasteiger partial charge in [-0.3, -0.25) is 9.59 Å². The van der Waals surface area contributed by atoms with Crippen molar-refractivity contribution in [3.63, 3.8) is 0 Å². The average Bonchev–Trinajstić information content (AvgIpc) is 3.13. The number of esters is 3. The van der Waals surface area contributed by atoms with E-state index in [9.17, 15) is 34.5 Å². The van der Waals surface area contributed by atoms with Crippen LogP contribution in [0.1, 0.15) is 41.5 Å². The molecule has 0 aromatic heterocycles. The number of hydrogen-bond donors (Lipinski definition) is 3. The highest BCUT2D eigenvalue weighted by Gasteiger charge is 2.85. The molecule has 2 bridgehead atoms. The molecule has 3 N–H and O–H groups in total.